The first-order valence-corrected chi connectivity index (χ1v) is 9.90. The molecule has 0 spiro atoms. The van der Waals surface area contributed by atoms with Crippen LogP contribution in [0.15, 0.2) is 42.6 Å². The van der Waals surface area contributed by atoms with Crippen molar-refractivity contribution in [3.8, 4) is 0 Å². The highest BCUT2D eigenvalue weighted by atomic mass is 16.2. The van der Waals surface area contributed by atoms with Crippen LogP contribution in [0.5, 0.6) is 0 Å². The second-order valence-corrected chi connectivity index (χ2v) is 7.26. The Morgan fingerprint density at radius 1 is 1.19 bits per heavy atom. The van der Waals surface area contributed by atoms with E-state index in [2.05, 4.69) is 23.4 Å². The molecule has 3 aromatic rings. The number of carbonyl (C=O) groups excluding carboxylic acids is 1. The SMILES string of the molecule is CCCn1c([C@@H]2CCN(C(=O)c3ccc(CC)cc3)C2)nc2cccnc21. The molecule has 0 radical (unpaired) electrons. The van der Waals surface area contributed by atoms with E-state index in [9.17, 15) is 4.79 Å². The Morgan fingerprint density at radius 2 is 2.00 bits per heavy atom. The van der Waals surface area contributed by atoms with Crippen molar-refractivity contribution < 1.29 is 4.79 Å². The number of pyridine rings is 1. The van der Waals surface area contributed by atoms with Gasteiger partial charge in [0.2, 0.25) is 0 Å². The summed E-state index contributed by atoms with van der Waals surface area (Å²) >= 11 is 0. The van der Waals surface area contributed by atoms with E-state index in [0.717, 1.165) is 61.4 Å². The Bertz CT molecular complexity index is 945. The van der Waals surface area contributed by atoms with Crippen LogP contribution >= 0.6 is 0 Å². The van der Waals surface area contributed by atoms with E-state index in [0.29, 0.717) is 0 Å². The second kappa shape index (κ2) is 7.51. The third kappa shape index (κ3) is 3.34. The molecule has 1 atom stereocenters. The molecule has 140 valence electrons. The molecule has 1 aromatic carbocycles. The Labute approximate surface area is 160 Å². The molecule has 1 fully saturated rings. The summed E-state index contributed by atoms with van der Waals surface area (Å²) in [5.74, 6) is 1.46. The summed E-state index contributed by atoms with van der Waals surface area (Å²) in [5, 5.41) is 0. The third-order valence-electron chi connectivity index (χ3n) is 5.43. The fourth-order valence-electron chi connectivity index (χ4n) is 3.95. The monoisotopic (exact) mass is 362 g/mol. The minimum absolute atomic E-state index is 0.122. The van der Waals surface area contributed by atoms with Gasteiger partial charge in [-0.25, -0.2) is 9.97 Å². The van der Waals surface area contributed by atoms with Crippen LogP contribution in [-0.4, -0.2) is 38.4 Å². The number of amides is 1. The van der Waals surface area contributed by atoms with Gasteiger partial charge in [0.05, 0.1) is 0 Å². The fraction of sp³-hybridized carbons (Fsp3) is 0.409. The minimum Gasteiger partial charge on any atom is -0.338 e. The number of hydrogen-bond donors (Lipinski definition) is 0. The van der Waals surface area contributed by atoms with Crippen LogP contribution < -0.4 is 0 Å². The zero-order chi connectivity index (χ0) is 18.8. The topological polar surface area (TPSA) is 51.0 Å². The van der Waals surface area contributed by atoms with Crippen molar-refractivity contribution in [1.82, 2.24) is 19.4 Å². The number of aryl methyl sites for hydroxylation is 2. The smallest absolute Gasteiger partial charge is 0.253 e. The van der Waals surface area contributed by atoms with Crippen molar-refractivity contribution in [3.05, 3.63) is 59.5 Å². The predicted octanol–water partition coefficient (Wildman–Crippen LogP) is 4.03. The lowest BCUT2D eigenvalue weighted by atomic mass is 10.1. The molecule has 0 unspecified atom stereocenters. The van der Waals surface area contributed by atoms with E-state index in [1.165, 1.54) is 5.56 Å². The number of carbonyl (C=O) groups is 1. The minimum atomic E-state index is 0.122. The zero-order valence-corrected chi connectivity index (χ0v) is 16.1. The molecule has 0 N–H and O–H groups in total. The van der Waals surface area contributed by atoms with E-state index in [1.807, 2.05) is 47.5 Å². The number of aromatic nitrogens is 3. The molecule has 1 aliphatic rings. The Balaban J connectivity index is 1.56. The van der Waals surface area contributed by atoms with Crippen molar-refractivity contribution in [2.75, 3.05) is 13.1 Å². The van der Waals surface area contributed by atoms with Gasteiger partial charge in [0.15, 0.2) is 5.65 Å². The molecule has 4 rings (SSSR count). The maximum atomic E-state index is 12.9. The van der Waals surface area contributed by atoms with E-state index >= 15 is 0 Å². The van der Waals surface area contributed by atoms with E-state index in [-0.39, 0.29) is 11.8 Å². The average molecular weight is 362 g/mol. The van der Waals surface area contributed by atoms with E-state index < -0.39 is 0 Å². The Kier molecular flexibility index (Phi) is 4.92. The van der Waals surface area contributed by atoms with Crippen molar-refractivity contribution in [2.45, 2.75) is 45.6 Å². The predicted molar refractivity (Wildman–Crippen MR) is 107 cm³/mol. The second-order valence-electron chi connectivity index (χ2n) is 7.26. The van der Waals surface area contributed by atoms with Crippen LogP contribution in [0.4, 0.5) is 0 Å². The van der Waals surface area contributed by atoms with Gasteiger partial charge in [-0.1, -0.05) is 26.0 Å². The highest BCUT2D eigenvalue weighted by Crippen LogP contribution is 2.30. The number of benzene rings is 1. The molecule has 0 bridgehead atoms. The maximum absolute atomic E-state index is 12.9. The summed E-state index contributed by atoms with van der Waals surface area (Å²) in [6, 6.07) is 11.9. The van der Waals surface area contributed by atoms with E-state index in [1.54, 1.807) is 0 Å². The van der Waals surface area contributed by atoms with Crippen LogP contribution in [0.3, 0.4) is 0 Å². The standard InChI is InChI=1S/C22H26N4O/c1-3-13-26-20(24-19-6-5-12-23-21(19)26)18-11-14-25(15-18)22(27)17-9-7-16(4-2)8-10-17/h5-10,12,18H,3-4,11,13-15H2,1-2H3/t18-/m1/s1. The number of nitrogens with zero attached hydrogens (tertiary/aromatic N) is 4. The maximum Gasteiger partial charge on any atom is 0.253 e. The summed E-state index contributed by atoms with van der Waals surface area (Å²) in [4.78, 5) is 24.3. The zero-order valence-electron chi connectivity index (χ0n) is 16.1. The first kappa shape index (κ1) is 17.7. The van der Waals surface area contributed by atoms with Crippen LogP contribution in [0.25, 0.3) is 11.2 Å². The quantitative estimate of drug-likeness (QED) is 0.688. The number of hydrogen-bond acceptors (Lipinski definition) is 3. The molecule has 27 heavy (non-hydrogen) atoms. The molecular formula is C22H26N4O. The summed E-state index contributed by atoms with van der Waals surface area (Å²) in [6.07, 6.45) is 4.80. The summed E-state index contributed by atoms with van der Waals surface area (Å²) in [6.45, 7) is 6.71. The largest absolute Gasteiger partial charge is 0.338 e. The lowest BCUT2D eigenvalue weighted by Gasteiger charge is -2.17. The van der Waals surface area contributed by atoms with Gasteiger partial charge in [0, 0.05) is 37.3 Å². The van der Waals surface area contributed by atoms with Crippen molar-refractivity contribution in [3.63, 3.8) is 0 Å². The van der Waals surface area contributed by atoms with Crippen molar-refractivity contribution in [2.24, 2.45) is 0 Å². The molecular weight excluding hydrogens is 336 g/mol. The van der Waals surface area contributed by atoms with Crippen LogP contribution in [0, 0.1) is 0 Å². The first-order chi connectivity index (χ1) is 13.2. The summed E-state index contributed by atoms with van der Waals surface area (Å²) in [5.41, 5.74) is 3.93. The molecule has 1 amide bonds. The number of likely N-dealkylation sites (tertiary alicyclic amines) is 1. The molecule has 5 heteroatoms. The number of rotatable bonds is 5. The van der Waals surface area contributed by atoms with Crippen LogP contribution in [0.1, 0.15) is 54.4 Å². The lowest BCUT2D eigenvalue weighted by Crippen LogP contribution is -2.28. The molecule has 0 saturated carbocycles. The normalized spacial score (nSPS) is 17.0. The summed E-state index contributed by atoms with van der Waals surface area (Å²) < 4.78 is 2.24. The number of imidazole rings is 1. The fourth-order valence-corrected chi connectivity index (χ4v) is 3.95. The molecule has 2 aromatic heterocycles. The van der Waals surface area contributed by atoms with Gasteiger partial charge >= 0.3 is 0 Å². The average Bonchev–Trinajstić information content (AvgIpc) is 3.33. The van der Waals surface area contributed by atoms with Crippen LogP contribution in [-0.2, 0) is 13.0 Å². The molecule has 3 heterocycles. The van der Waals surface area contributed by atoms with Crippen LogP contribution in [0.2, 0.25) is 0 Å². The van der Waals surface area contributed by atoms with Gasteiger partial charge in [-0.2, -0.15) is 0 Å². The van der Waals surface area contributed by atoms with E-state index in [4.69, 9.17) is 4.98 Å². The van der Waals surface area contributed by atoms with Gasteiger partial charge < -0.3 is 9.47 Å². The van der Waals surface area contributed by atoms with Gasteiger partial charge in [-0.15, -0.1) is 0 Å². The van der Waals surface area contributed by atoms with Crippen molar-refractivity contribution in [1.29, 1.82) is 0 Å². The molecule has 5 nitrogen and oxygen atoms in total. The summed E-state index contributed by atoms with van der Waals surface area (Å²) in [7, 11) is 0. The van der Waals surface area contributed by atoms with Gasteiger partial charge in [0.1, 0.15) is 11.3 Å². The highest BCUT2D eigenvalue weighted by Gasteiger charge is 2.31. The Morgan fingerprint density at radius 3 is 2.74 bits per heavy atom. The van der Waals surface area contributed by atoms with Crippen molar-refractivity contribution >= 4 is 17.1 Å². The first-order valence-electron chi connectivity index (χ1n) is 9.90. The Hall–Kier alpha value is -2.69. The van der Waals surface area contributed by atoms with Gasteiger partial charge in [-0.05, 0) is 49.1 Å². The molecule has 1 aliphatic heterocycles. The van der Waals surface area contributed by atoms with Gasteiger partial charge in [0.25, 0.3) is 5.91 Å². The number of fused-ring (bicyclic) bond motifs is 1. The highest BCUT2D eigenvalue weighted by molar-refractivity contribution is 5.94. The molecule has 0 aliphatic carbocycles. The lowest BCUT2D eigenvalue weighted by molar-refractivity contribution is 0.0790. The van der Waals surface area contributed by atoms with Gasteiger partial charge in [-0.3, -0.25) is 4.79 Å². The molecule has 1 saturated heterocycles. The third-order valence-corrected chi connectivity index (χ3v) is 5.43.